The average molecular weight is 469 g/mol. The fourth-order valence-electron chi connectivity index (χ4n) is 4.71. The first-order valence-electron chi connectivity index (χ1n) is 12.2. The Bertz CT molecular complexity index is 929. The molecule has 186 valence electrons. The fraction of sp³-hybridized carbons (Fsp3) is 0.600. The largest absolute Gasteiger partial charge is 0.402 e. The number of carbonyl (C=O) groups is 1. The summed E-state index contributed by atoms with van der Waals surface area (Å²) in [4.78, 5) is 26.8. The van der Waals surface area contributed by atoms with E-state index in [1.54, 1.807) is 18.1 Å². The molecule has 9 nitrogen and oxygen atoms in total. The van der Waals surface area contributed by atoms with Gasteiger partial charge in [-0.1, -0.05) is 13.8 Å². The summed E-state index contributed by atoms with van der Waals surface area (Å²) in [5.41, 5.74) is 14.4. The molecule has 2 fully saturated rings. The summed E-state index contributed by atoms with van der Waals surface area (Å²) in [6.45, 7) is 12.3. The summed E-state index contributed by atoms with van der Waals surface area (Å²) in [5.74, 6) is 1.89. The zero-order valence-electron chi connectivity index (χ0n) is 21.1. The fourth-order valence-corrected chi connectivity index (χ4v) is 4.71. The van der Waals surface area contributed by atoms with Crippen molar-refractivity contribution in [2.45, 2.75) is 65.0 Å². The third kappa shape index (κ3) is 6.14. The van der Waals surface area contributed by atoms with E-state index in [4.69, 9.17) is 16.5 Å². The summed E-state index contributed by atoms with van der Waals surface area (Å²) >= 11 is 0. The molecule has 3 heterocycles. The molecule has 2 atom stereocenters. The summed E-state index contributed by atoms with van der Waals surface area (Å²) < 4.78 is 0. The summed E-state index contributed by atoms with van der Waals surface area (Å²) in [6, 6.07) is 0.0440. The van der Waals surface area contributed by atoms with E-state index in [0.717, 1.165) is 56.6 Å². The molecule has 1 amide bonds. The molecular weight excluding hydrogens is 428 g/mol. The molecule has 0 aromatic carbocycles. The van der Waals surface area contributed by atoms with Gasteiger partial charge in [-0.05, 0) is 57.1 Å². The van der Waals surface area contributed by atoms with Gasteiger partial charge in [0, 0.05) is 56.9 Å². The third-order valence-corrected chi connectivity index (χ3v) is 6.38. The number of carbonyl (C=O) groups excluding carboxylic acids is 1. The van der Waals surface area contributed by atoms with Crippen molar-refractivity contribution in [2.75, 3.05) is 26.7 Å². The Balaban J connectivity index is 1.88. The van der Waals surface area contributed by atoms with Gasteiger partial charge >= 0.3 is 0 Å². The lowest BCUT2D eigenvalue weighted by Gasteiger charge is -2.35. The first-order valence-corrected chi connectivity index (χ1v) is 12.2. The van der Waals surface area contributed by atoms with Crippen molar-refractivity contribution in [3.05, 3.63) is 35.4 Å². The predicted molar refractivity (Wildman–Crippen MR) is 139 cm³/mol. The van der Waals surface area contributed by atoms with Crippen molar-refractivity contribution in [3.8, 4) is 0 Å². The highest BCUT2D eigenvalue weighted by molar-refractivity contribution is 6.43. The quantitative estimate of drug-likeness (QED) is 0.581. The van der Waals surface area contributed by atoms with Crippen molar-refractivity contribution >= 4 is 24.2 Å². The molecule has 1 unspecified atom stereocenters. The maximum Gasteiger partial charge on any atom is 0.272 e. The van der Waals surface area contributed by atoms with E-state index >= 15 is 0 Å². The van der Waals surface area contributed by atoms with Crippen LogP contribution in [0.3, 0.4) is 0 Å². The minimum absolute atomic E-state index is 0.105. The van der Waals surface area contributed by atoms with E-state index in [0.29, 0.717) is 29.7 Å². The number of hydrogen-bond acceptors (Lipinski definition) is 8. The van der Waals surface area contributed by atoms with Crippen LogP contribution in [0.25, 0.3) is 0 Å². The van der Waals surface area contributed by atoms with Gasteiger partial charge in [-0.15, -0.1) is 0 Å². The number of amides is 1. The highest BCUT2D eigenvalue weighted by Gasteiger charge is 2.31. The van der Waals surface area contributed by atoms with Crippen molar-refractivity contribution in [3.63, 3.8) is 0 Å². The lowest BCUT2D eigenvalue weighted by atomic mass is 10.00. The monoisotopic (exact) mass is 468 g/mol. The Hall–Kier alpha value is -2.94. The first-order chi connectivity index (χ1) is 16.2. The zero-order valence-corrected chi connectivity index (χ0v) is 21.1. The standard InChI is InChI=1S/C25H40N8O/c1-17(2)12-20(27)13-22(28-4)25(34)32-10-7-6-8-21(32)14-23-30-24(18(3)15-33(23)29-5)31-11-9-19(26)16-31/h13-15,17,19,21H,5-12,16,26-27H2,1-4H3/b20-13?,23-14-,28-22?/t19-,21?/m0/s1. The lowest BCUT2D eigenvalue weighted by molar-refractivity contribution is -0.126. The number of rotatable bonds is 6. The van der Waals surface area contributed by atoms with Crippen molar-refractivity contribution in [2.24, 2.45) is 32.5 Å². The van der Waals surface area contributed by atoms with Gasteiger partial charge in [0.1, 0.15) is 11.5 Å². The van der Waals surface area contributed by atoms with Crippen molar-refractivity contribution in [1.29, 1.82) is 0 Å². The highest BCUT2D eigenvalue weighted by Crippen LogP contribution is 2.26. The highest BCUT2D eigenvalue weighted by atomic mass is 16.2. The summed E-state index contributed by atoms with van der Waals surface area (Å²) in [6.07, 6.45) is 10.2. The topological polar surface area (TPSA) is 116 Å². The van der Waals surface area contributed by atoms with Gasteiger partial charge in [0.15, 0.2) is 5.82 Å². The Labute approximate surface area is 203 Å². The van der Waals surface area contributed by atoms with E-state index in [1.807, 2.05) is 24.1 Å². The van der Waals surface area contributed by atoms with Gasteiger partial charge in [-0.3, -0.25) is 9.79 Å². The number of nitrogens with two attached hydrogens (primary N) is 2. The second-order valence-corrected chi connectivity index (χ2v) is 9.74. The van der Waals surface area contributed by atoms with Crippen LogP contribution in [0.4, 0.5) is 0 Å². The number of likely N-dealkylation sites (tertiary alicyclic amines) is 2. The van der Waals surface area contributed by atoms with Crippen LogP contribution in [0, 0.1) is 5.92 Å². The van der Waals surface area contributed by atoms with Gasteiger partial charge in [0.2, 0.25) is 0 Å². The van der Waals surface area contributed by atoms with Crippen LogP contribution in [-0.2, 0) is 4.79 Å². The molecule has 0 aromatic rings. The Morgan fingerprint density at radius 2 is 2.09 bits per heavy atom. The van der Waals surface area contributed by atoms with Gasteiger partial charge in [-0.2, -0.15) is 5.10 Å². The normalized spacial score (nSPS) is 25.7. The molecule has 0 spiro atoms. The number of piperidine rings is 1. The number of hydrazone groups is 1. The van der Waals surface area contributed by atoms with Crippen molar-refractivity contribution < 1.29 is 4.79 Å². The first kappa shape index (κ1) is 25.7. The minimum atomic E-state index is -0.116. The lowest BCUT2D eigenvalue weighted by Crippen LogP contribution is -2.46. The number of nitrogens with zero attached hydrogens (tertiary/aromatic N) is 6. The Morgan fingerprint density at radius 3 is 2.71 bits per heavy atom. The van der Waals surface area contributed by atoms with Gasteiger partial charge in [0.25, 0.3) is 5.91 Å². The molecule has 4 N–H and O–H groups in total. The molecule has 0 radical (unpaired) electrons. The maximum absolute atomic E-state index is 13.5. The number of allylic oxidation sites excluding steroid dienone is 1. The maximum atomic E-state index is 13.5. The molecule has 0 saturated carbocycles. The van der Waals surface area contributed by atoms with Crippen LogP contribution in [0.15, 0.2) is 50.5 Å². The van der Waals surface area contributed by atoms with Crippen LogP contribution < -0.4 is 11.5 Å². The zero-order chi connectivity index (χ0) is 24.8. The molecular formula is C25H40N8O. The molecule has 34 heavy (non-hydrogen) atoms. The molecule has 2 saturated heterocycles. The number of amidine groups is 1. The molecule has 3 aliphatic rings. The molecule has 0 bridgehead atoms. The predicted octanol–water partition coefficient (Wildman–Crippen LogP) is 2.43. The molecule has 0 aromatic heterocycles. The smallest absolute Gasteiger partial charge is 0.272 e. The van der Waals surface area contributed by atoms with E-state index < -0.39 is 0 Å². The third-order valence-electron chi connectivity index (χ3n) is 6.38. The van der Waals surface area contributed by atoms with Crippen LogP contribution in [0.1, 0.15) is 52.9 Å². The number of aliphatic imine (C=N–C) groups is 2. The van der Waals surface area contributed by atoms with E-state index in [1.165, 1.54) is 0 Å². The van der Waals surface area contributed by atoms with Crippen LogP contribution in [-0.4, -0.2) is 77.7 Å². The second kappa shape index (κ2) is 11.5. The SMILES string of the molecule is C=NN1C=C(C)C(N2CC[C@H](N)C2)=N/C1=C/C1CCCCN1C(=O)C(C=C(N)CC(C)C)=NC. The van der Waals surface area contributed by atoms with E-state index in [-0.39, 0.29) is 18.0 Å². The Morgan fingerprint density at radius 1 is 1.32 bits per heavy atom. The molecule has 0 aliphatic carbocycles. The summed E-state index contributed by atoms with van der Waals surface area (Å²) in [5, 5.41) is 5.83. The van der Waals surface area contributed by atoms with Gasteiger partial charge in [-0.25, -0.2) is 10.0 Å². The van der Waals surface area contributed by atoms with Crippen LogP contribution in [0.5, 0.6) is 0 Å². The molecule has 3 aliphatic heterocycles. The van der Waals surface area contributed by atoms with Gasteiger partial charge in [0.05, 0.1) is 6.04 Å². The minimum Gasteiger partial charge on any atom is -0.402 e. The van der Waals surface area contributed by atoms with E-state index in [9.17, 15) is 4.79 Å². The number of hydrogen-bond donors (Lipinski definition) is 2. The average Bonchev–Trinajstić information content (AvgIpc) is 3.23. The van der Waals surface area contributed by atoms with Crippen LogP contribution >= 0.6 is 0 Å². The van der Waals surface area contributed by atoms with E-state index in [2.05, 4.69) is 35.6 Å². The Kier molecular flexibility index (Phi) is 8.66. The summed E-state index contributed by atoms with van der Waals surface area (Å²) in [7, 11) is 1.64. The van der Waals surface area contributed by atoms with Gasteiger partial charge < -0.3 is 21.3 Å². The second-order valence-electron chi connectivity index (χ2n) is 9.74. The van der Waals surface area contributed by atoms with Crippen molar-refractivity contribution in [1.82, 2.24) is 14.8 Å². The molecule has 9 heteroatoms. The molecule has 3 rings (SSSR count). The van der Waals surface area contributed by atoms with Crippen LogP contribution in [0.2, 0.25) is 0 Å².